The number of aryl methyl sites for hydroxylation is 2. The van der Waals surface area contributed by atoms with Crippen LogP contribution in [0.3, 0.4) is 0 Å². The van der Waals surface area contributed by atoms with E-state index in [0.29, 0.717) is 23.6 Å². The molecule has 1 aliphatic heterocycles. The summed E-state index contributed by atoms with van der Waals surface area (Å²) in [5, 5.41) is 10.3. The number of amides is 2. The highest BCUT2D eigenvalue weighted by Gasteiger charge is 2.41. The maximum Gasteiger partial charge on any atom is 0.301 e. The van der Waals surface area contributed by atoms with Crippen LogP contribution in [-0.2, 0) is 9.59 Å². The van der Waals surface area contributed by atoms with Crippen molar-refractivity contribution in [3.63, 3.8) is 0 Å². The van der Waals surface area contributed by atoms with Gasteiger partial charge in [-0.05, 0) is 49.6 Å². The summed E-state index contributed by atoms with van der Waals surface area (Å²) in [6.45, 7) is 6.09. The van der Waals surface area contributed by atoms with E-state index in [-0.39, 0.29) is 5.57 Å². The minimum absolute atomic E-state index is 0.0133. The van der Waals surface area contributed by atoms with E-state index < -0.39 is 17.6 Å². The number of benzene rings is 2. The van der Waals surface area contributed by atoms with Crippen LogP contribution in [0.1, 0.15) is 23.6 Å². The third-order valence-corrected chi connectivity index (χ3v) is 4.26. The lowest BCUT2D eigenvalue weighted by molar-refractivity contribution is -0.121. The second-order valence-electron chi connectivity index (χ2n) is 5.87. The zero-order chi connectivity index (χ0) is 18.1. The minimum Gasteiger partial charge on any atom is -0.502 e. The van der Waals surface area contributed by atoms with Gasteiger partial charge in [0.05, 0.1) is 17.9 Å². The van der Waals surface area contributed by atoms with Gasteiger partial charge in [-0.3, -0.25) is 9.59 Å². The average molecular weight is 337 g/mol. The van der Waals surface area contributed by atoms with Crippen LogP contribution < -0.4 is 9.64 Å². The molecule has 0 radical (unpaired) electrons. The number of hydrogen-bond acceptors (Lipinski definition) is 4. The van der Waals surface area contributed by atoms with Gasteiger partial charge in [0.15, 0.2) is 5.76 Å². The van der Waals surface area contributed by atoms with E-state index in [1.165, 1.54) is 0 Å². The van der Waals surface area contributed by atoms with Crippen molar-refractivity contribution in [2.75, 3.05) is 11.5 Å². The maximum absolute atomic E-state index is 12.9. The molecule has 0 bridgehead atoms. The normalized spacial score (nSPS) is 14.4. The molecule has 2 amide bonds. The van der Waals surface area contributed by atoms with Crippen molar-refractivity contribution >= 4 is 23.1 Å². The number of carbonyl (C=O) groups excluding carboxylic acids is 2. The molecule has 5 nitrogen and oxygen atoms in total. The highest BCUT2D eigenvalue weighted by Crippen LogP contribution is 2.36. The average Bonchev–Trinajstić information content (AvgIpc) is 2.81. The first-order valence-corrected chi connectivity index (χ1v) is 8.07. The summed E-state index contributed by atoms with van der Waals surface area (Å²) in [7, 11) is 0. The number of anilines is 1. The second kappa shape index (κ2) is 6.43. The Kier molecular flexibility index (Phi) is 4.31. The highest BCUT2D eigenvalue weighted by molar-refractivity contribution is 6.45. The van der Waals surface area contributed by atoms with Crippen LogP contribution in [0.5, 0.6) is 5.75 Å². The number of aliphatic hydroxyl groups excluding tert-OH is 1. The highest BCUT2D eigenvalue weighted by atomic mass is 16.5. The van der Waals surface area contributed by atoms with Crippen LogP contribution in [-0.4, -0.2) is 23.5 Å². The fourth-order valence-electron chi connectivity index (χ4n) is 2.81. The van der Waals surface area contributed by atoms with Crippen molar-refractivity contribution in [2.24, 2.45) is 0 Å². The van der Waals surface area contributed by atoms with Gasteiger partial charge in [-0.15, -0.1) is 0 Å². The van der Waals surface area contributed by atoms with E-state index in [1.807, 2.05) is 26.8 Å². The van der Waals surface area contributed by atoms with Crippen molar-refractivity contribution < 1.29 is 19.4 Å². The van der Waals surface area contributed by atoms with Crippen molar-refractivity contribution in [1.29, 1.82) is 0 Å². The summed E-state index contributed by atoms with van der Waals surface area (Å²) in [6.07, 6.45) is 0. The van der Waals surface area contributed by atoms with Gasteiger partial charge in [-0.1, -0.05) is 30.3 Å². The van der Waals surface area contributed by atoms with E-state index in [1.54, 1.807) is 36.4 Å². The standard InChI is InChI=1S/C20H19NO4/c1-4-25-16-8-6-5-7-15(16)21-19(23)17(18(22)20(21)24)14-10-9-12(2)13(3)11-14/h5-11,22H,4H2,1-3H3. The fourth-order valence-corrected chi connectivity index (χ4v) is 2.81. The van der Waals surface area contributed by atoms with E-state index in [2.05, 4.69) is 0 Å². The number of carbonyl (C=O) groups is 2. The number of ether oxygens (including phenoxy) is 1. The first-order valence-electron chi connectivity index (χ1n) is 8.07. The van der Waals surface area contributed by atoms with Crippen LogP contribution >= 0.6 is 0 Å². The Bertz CT molecular complexity index is 898. The lowest BCUT2D eigenvalue weighted by Gasteiger charge is -2.18. The monoisotopic (exact) mass is 337 g/mol. The second-order valence-corrected chi connectivity index (χ2v) is 5.87. The van der Waals surface area contributed by atoms with Gasteiger partial charge in [0.2, 0.25) is 0 Å². The molecule has 128 valence electrons. The number of aliphatic hydroxyl groups is 1. The molecular weight excluding hydrogens is 318 g/mol. The SMILES string of the molecule is CCOc1ccccc1N1C(=O)C(O)=C(c2ccc(C)c(C)c2)C1=O. The fraction of sp³-hybridized carbons (Fsp3) is 0.200. The van der Waals surface area contributed by atoms with Gasteiger partial charge >= 0.3 is 5.91 Å². The van der Waals surface area contributed by atoms with Gasteiger partial charge in [-0.25, -0.2) is 4.90 Å². The molecule has 1 N–H and O–H groups in total. The molecule has 5 heteroatoms. The van der Waals surface area contributed by atoms with Crippen LogP contribution in [0.15, 0.2) is 48.2 Å². The number of para-hydroxylation sites is 2. The number of hydrogen-bond donors (Lipinski definition) is 1. The van der Waals surface area contributed by atoms with Gasteiger partial charge < -0.3 is 9.84 Å². The predicted molar refractivity (Wildman–Crippen MR) is 95.6 cm³/mol. The largest absolute Gasteiger partial charge is 0.502 e. The Hall–Kier alpha value is -3.08. The molecule has 2 aromatic rings. The summed E-state index contributed by atoms with van der Waals surface area (Å²) in [5.41, 5.74) is 2.91. The molecule has 0 saturated heterocycles. The molecule has 2 aromatic carbocycles. The van der Waals surface area contributed by atoms with Gasteiger partial charge in [-0.2, -0.15) is 0 Å². The molecule has 0 spiro atoms. The first kappa shape index (κ1) is 16.8. The molecule has 0 atom stereocenters. The summed E-state index contributed by atoms with van der Waals surface area (Å²) in [5.74, 6) is -1.43. The lowest BCUT2D eigenvalue weighted by atomic mass is 10.00. The van der Waals surface area contributed by atoms with Crippen molar-refractivity contribution in [3.05, 3.63) is 64.9 Å². The van der Waals surface area contributed by atoms with Crippen molar-refractivity contribution in [3.8, 4) is 5.75 Å². The molecule has 0 aliphatic carbocycles. The Morgan fingerprint density at radius 1 is 1.00 bits per heavy atom. The topological polar surface area (TPSA) is 66.8 Å². The number of imide groups is 1. The smallest absolute Gasteiger partial charge is 0.301 e. The molecule has 0 unspecified atom stereocenters. The van der Waals surface area contributed by atoms with Gasteiger partial charge in [0.25, 0.3) is 5.91 Å². The van der Waals surface area contributed by atoms with Crippen LogP contribution in [0.25, 0.3) is 5.57 Å². The number of rotatable bonds is 4. The molecule has 0 saturated carbocycles. The third kappa shape index (κ3) is 2.78. The van der Waals surface area contributed by atoms with E-state index in [4.69, 9.17) is 4.74 Å². The van der Waals surface area contributed by atoms with Crippen molar-refractivity contribution in [2.45, 2.75) is 20.8 Å². The van der Waals surface area contributed by atoms with Gasteiger partial charge in [0.1, 0.15) is 5.75 Å². The van der Waals surface area contributed by atoms with E-state index in [0.717, 1.165) is 16.0 Å². The summed E-state index contributed by atoms with van der Waals surface area (Å²) in [6, 6.07) is 12.2. The molecule has 1 aliphatic rings. The van der Waals surface area contributed by atoms with Crippen LogP contribution in [0.2, 0.25) is 0 Å². The molecular formula is C20H19NO4. The minimum atomic E-state index is -0.745. The molecule has 3 rings (SSSR count). The quantitative estimate of drug-likeness (QED) is 0.867. The molecule has 0 fully saturated rings. The first-order chi connectivity index (χ1) is 12.0. The van der Waals surface area contributed by atoms with Crippen molar-refractivity contribution in [1.82, 2.24) is 0 Å². The molecule has 25 heavy (non-hydrogen) atoms. The Labute approximate surface area is 146 Å². The van der Waals surface area contributed by atoms with E-state index >= 15 is 0 Å². The summed E-state index contributed by atoms with van der Waals surface area (Å²) < 4.78 is 5.51. The Morgan fingerprint density at radius 2 is 1.72 bits per heavy atom. The lowest BCUT2D eigenvalue weighted by Crippen LogP contribution is -2.32. The molecule has 0 aromatic heterocycles. The third-order valence-electron chi connectivity index (χ3n) is 4.26. The van der Waals surface area contributed by atoms with Gasteiger partial charge in [0, 0.05) is 0 Å². The Morgan fingerprint density at radius 3 is 2.40 bits per heavy atom. The predicted octanol–water partition coefficient (Wildman–Crippen LogP) is 3.54. The van der Waals surface area contributed by atoms with E-state index in [9.17, 15) is 14.7 Å². The molecule has 1 heterocycles. The Balaban J connectivity index is 2.07. The zero-order valence-corrected chi connectivity index (χ0v) is 14.4. The van der Waals surface area contributed by atoms with Crippen LogP contribution in [0.4, 0.5) is 5.69 Å². The zero-order valence-electron chi connectivity index (χ0n) is 14.4. The van der Waals surface area contributed by atoms with Crippen LogP contribution in [0, 0.1) is 13.8 Å². The number of nitrogens with zero attached hydrogens (tertiary/aromatic N) is 1. The summed E-state index contributed by atoms with van der Waals surface area (Å²) in [4.78, 5) is 26.4. The summed E-state index contributed by atoms with van der Waals surface area (Å²) >= 11 is 0. The maximum atomic E-state index is 12.9.